The number of hydrogen-bond donors (Lipinski definition) is 1. The number of nitrogens with one attached hydrogen (secondary N) is 1. The van der Waals surface area contributed by atoms with Crippen LogP contribution in [0, 0.1) is 5.92 Å². The molecule has 1 aliphatic rings. The number of aromatic nitrogens is 3. The molecule has 9 nitrogen and oxygen atoms in total. The van der Waals surface area contributed by atoms with Crippen LogP contribution in [0.25, 0.3) is 0 Å². The van der Waals surface area contributed by atoms with Crippen molar-refractivity contribution < 1.29 is 14.3 Å². The molecule has 0 radical (unpaired) electrons. The Morgan fingerprint density at radius 2 is 1.88 bits per heavy atom. The number of likely N-dealkylation sites (N-methyl/N-ethyl adjacent to an activating group) is 1. The van der Waals surface area contributed by atoms with Gasteiger partial charge in [0.15, 0.2) is 12.4 Å². The Kier molecular flexibility index (Phi) is 8.68. The minimum absolute atomic E-state index is 0.0361. The first-order valence-corrected chi connectivity index (χ1v) is 11.6. The van der Waals surface area contributed by atoms with Gasteiger partial charge in [-0.15, -0.1) is 10.2 Å². The zero-order chi connectivity index (χ0) is 24.0. The molecule has 2 amide bonds. The summed E-state index contributed by atoms with van der Waals surface area (Å²) >= 11 is 5.89. The van der Waals surface area contributed by atoms with Crippen LogP contribution in [0.1, 0.15) is 38.0 Å². The minimum Gasteiger partial charge on any atom is -0.484 e. The zero-order valence-electron chi connectivity index (χ0n) is 19.8. The van der Waals surface area contributed by atoms with Crippen LogP contribution in [0.5, 0.6) is 5.75 Å². The molecule has 2 heterocycles. The molecule has 2 aromatic rings. The van der Waals surface area contributed by atoms with Gasteiger partial charge in [-0.2, -0.15) is 0 Å². The van der Waals surface area contributed by atoms with Gasteiger partial charge in [0.2, 0.25) is 5.91 Å². The molecular formula is C23H33ClN6O3. The molecule has 0 fully saturated rings. The van der Waals surface area contributed by atoms with E-state index in [4.69, 9.17) is 16.3 Å². The maximum atomic E-state index is 12.7. The molecule has 0 saturated heterocycles. The smallest absolute Gasteiger partial charge is 0.260 e. The first-order valence-electron chi connectivity index (χ1n) is 11.2. The highest BCUT2D eigenvalue weighted by atomic mass is 35.5. The Labute approximate surface area is 200 Å². The zero-order valence-corrected chi connectivity index (χ0v) is 20.5. The first kappa shape index (κ1) is 25.0. The van der Waals surface area contributed by atoms with Crippen LogP contribution < -0.4 is 10.1 Å². The molecule has 1 atom stereocenters. The fourth-order valence-corrected chi connectivity index (χ4v) is 3.97. The van der Waals surface area contributed by atoms with Crippen molar-refractivity contribution in [2.24, 2.45) is 5.92 Å². The molecule has 1 N–H and O–H groups in total. The highest BCUT2D eigenvalue weighted by Crippen LogP contribution is 2.22. The summed E-state index contributed by atoms with van der Waals surface area (Å²) in [6, 6.07) is 6.71. The molecule has 1 aliphatic heterocycles. The fourth-order valence-electron chi connectivity index (χ4n) is 3.85. The average Bonchev–Trinajstić information content (AvgIpc) is 3.03. The Morgan fingerprint density at radius 3 is 2.55 bits per heavy atom. The number of carbonyl (C=O) groups excluding carboxylic acids is 2. The molecule has 3 rings (SSSR count). The minimum atomic E-state index is -0.228. The molecule has 1 aromatic carbocycles. The summed E-state index contributed by atoms with van der Waals surface area (Å²) in [6.45, 7) is 6.15. The second-order valence-electron chi connectivity index (χ2n) is 8.99. The average molecular weight is 477 g/mol. The fraction of sp³-hybridized carbons (Fsp3) is 0.565. The van der Waals surface area contributed by atoms with Crippen molar-refractivity contribution in [2.75, 3.05) is 40.3 Å². The third kappa shape index (κ3) is 7.17. The van der Waals surface area contributed by atoms with Gasteiger partial charge in [-0.3, -0.25) is 9.59 Å². The Balaban J connectivity index is 1.65. The number of amides is 2. The molecule has 180 valence electrons. The van der Waals surface area contributed by atoms with E-state index in [1.54, 1.807) is 29.2 Å². The van der Waals surface area contributed by atoms with Crippen molar-refractivity contribution in [2.45, 2.75) is 39.3 Å². The van der Waals surface area contributed by atoms with E-state index in [0.717, 1.165) is 18.1 Å². The highest BCUT2D eigenvalue weighted by molar-refractivity contribution is 6.30. The predicted octanol–water partition coefficient (Wildman–Crippen LogP) is 2.16. The van der Waals surface area contributed by atoms with Crippen molar-refractivity contribution in [1.29, 1.82) is 0 Å². The van der Waals surface area contributed by atoms with Gasteiger partial charge in [-0.25, -0.2) is 0 Å². The van der Waals surface area contributed by atoms with Crippen molar-refractivity contribution in [3.8, 4) is 5.75 Å². The molecule has 0 unspecified atom stereocenters. The molecule has 1 aromatic heterocycles. The number of carbonyl (C=O) groups is 2. The highest BCUT2D eigenvalue weighted by Gasteiger charge is 2.27. The lowest BCUT2D eigenvalue weighted by Gasteiger charge is -2.23. The van der Waals surface area contributed by atoms with Gasteiger partial charge in [0, 0.05) is 31.1 Å². The summed E-state index contributed by atoms with van der Waals surface area (Å²) in [5.41, 5.74) is 0. The third-order valence-electron chi connectivity index (χ3n) is 5.40. The van der Waals surface area contributed by atoms with E-state index >= 15 is 0 Å². The summed E-state index contributed by atoms with van der Waals surface area (Å²) in [4.78, 5) is 28.8. The molecule has 0 spiro atoms. The van der Waals surface area contributed by atoms with Crippen LogP contribution in [-0.4, -0.2) is 76.7 Å². The topological polar surface area (TPSA) is 92.6 Å². The maximum Gasteiger partial charge on any atom is 0.260 e. The summed E-state index contributed by atoms with van der Waals surface area (Å²) in [5.74, 6) is 2.42. The number of nitrogens with zero attached hydrogens (tertiary/aromatic N) is 5. The monoisotopic (exact) mass is 476 g/mol. The second-order valence-corrected chi connectivity index (χ2v) is 9.42. The van der Waals surface area contributed by atoms with Gasteiger partial charge >= 0.3 is 0 Å². The van der Waals surface area contributed by atoms with E-state index in [1.807, 2.05) is 19.0 Å². The van der Waals surface area contributed by atoms with Crippen molar-refractivity contribution in [1.82, 2.24) is 29.9 Å². The van der Waals surface area contributed by atoms with Crippen molar-refractivity contribution >= 4 is 23.4 Å². The van der Waals surface area contributed by atoms with Gasteiger partial charge in [-0.05, 0) is 50.7 Å². The number of hydrogen-bond acceptors (Lipinski definition) is 6. The number of rotatable bonds is 9. The molecular weight excluding hydrogens is 444 g/mol. The quantitative estimate of drug-likeness (QED) is 0.596. The maximum absolute atomic E-state index is 12.7. The third-order valence-corrected chi connectivity index (χ3v) is 5.65. The van der Waals surface area contributed by atoms with Gasteiger partial charge in [0.1, 0.15) is 11.6 Å². The van der Waals surface area contributed by atoms with Gasteiger partial charge in [-0.1, -0.05) is 25.4 Å². The van der Waals surface area contributed by atoms with Gasteiger partial charge < -0.3 is 24.4 Å². The SMILES string of the molecule is CC(C)C[C@@H](NC(=O)CN(C)C)c1nnc2n1CCN(C(=O)COc1ccc(Cl)cc1)CC2. The van der Waals surface area contributed by atoms with Gasteiger partial charge in [0.05, 0.1) is 12.6 Å². The van der Waals surface area contributed by atoms with E-state index in [-0.39, 0.29) is 24.5 Å². The molecule has 10 heteroatoms. The Bertz CT molecular complexity index is 944. The second kappa shape index (κ2) is 11.5. The molecule has 33 heavy (non-hydrogen) atoms. The van der Waals surface area contributed by atoms with Gasteiger partial charge in [0.25, 0.3) is 5.91 Å². The van der Waals surface area contributed by atoms with Crippen molar-refractivity contribution in [3.05, 3.63) is 40.9 Å². The van der Waals surface area contributed by atoms with Crippen molar-refractivity contribution in [3.63, 3.8) is 0 Å². The summed E-state index contributed by atoms with van der Waals surface area (Å²) in [5, 5.41) is 12.5. The summed E-state index contributed by atoms with van der Waals surface area (Å²) in [7, 11) is 3.73. The predicted molar refractivity (Wildman–Crippen MR) is 126 cm³/mol. The summed E-state index contributed by atoms with van der Waals surface area (Å²) < 4.78 is 7.67. The Hall–Kier alpha value is -2.65. The number of fused-ring (bicyclic) bond motifs is 1. The van der Waals surface area contributed by atoms with Crippen LogP contribution in [-0.2, 0) is 22.6 Å². The van der Waals surface area contributed by atoms with E-state index in [0.29, 0.717) is 49.3 Å². The first-order chi connectivity index (χ1) is 15.7. The molecule has 0 saturated carbocycles. The van der Waals surface area contributed by atoms with Crippen LogP contribution in [0.4, 0.5) is 0 Å². The lowest BCUT2D eigenvalue weighted by Crippen LogP contribution is -2.38. The standard InChI is InChI=1S/C23H33ClN6O3/c1-16(2)13-19(25-21(31)14-28(3)4)23-27-26-20-9-10-29(11-12-30(20)23)22(32)15-33-18-7-5-17(24)6-8-18/h5-8,16,19H,9-15H2,1-4H3,(H,25,31)/t19-/m1/s1. The lowest BCUT2D eigenvalue weighted by molar-refractivity contribution is -0.133. The lowest BCUT2D eigenvalue weighted by atomic mass is 10.0. The van der Waals surface area contributed by atoms with E-state index in [1.165, 1.54) is 0 Å². The summed E-state index contributed by atoms with van der Waals surface area (Å²) in [6.07, 6.45) is 1.36. The van der Waals surface area contributed by atoms with E-state index in [2.05, 4.69) is 33.9 Å². The number of ether oxygens (including phenoxy) is 1. The normalized spacial score (nSPS) is 14.7. The number of halogens is 1. The van der Waals surface area contributed by atoms with E-state index in [9.17, 15) is 9.59 Å². The molecule has 0 aliphatic carbocycles. The molecule has 0 bridgehead atoms. The van der Waals surface area contributed by atoms with Crippen LogP contribution >= 0.6 is 11.6 Å². The van der Waals surface area contributed by atoms with E-state index < -0.39 is 0 Å². The Morgan fingerprint density at radius 1 is 1.15 bits per heavy atom. The number of benzene rings is 1. The van der Waals surface area contributed by atoms with Crippen LogP contribution in [0.15, 0.2) is 24.3 Å². The van der Waals surface area contributed by atoms with Crippen LogP contribution in [0.3, 0.4) is 0 Å². The van der Waals surface area contributed by atoms with Crippen LogP contribution in [0.2, 0.25) is 5.02 Å². The largest absolute Gasteiger partial charge is 0.484 e.